The molecule has 0 N–H and O–H groups in total. The summed E-state index contributed by atoms with van der Waals surface area (Å²) in [4.78, 5) is 12.1. The van der Waals surface area contributed by atoms with E-state index in [1.807, 2.05) is 36.4 Å². The molecule has 136 valence electrons. The van der Waals surface area contributed by atoms with E-state index >= 15 is 0 Å². The zero-order chi connectivity index (χ0) is 18.2. The normalized spacial score (nSPS) is 19.5. The fourth-order valence-electron chi connectivity index (χ4n) is 3.43. The molecule has 0 unspecified atom stereocenters. The number of benzene rings is 2. The molecule has 0 aliphatic heterocycles. The van der Waals surface area contributed by atoms with Gasteiger partial charge in [-0.25, -0.2) is 4.79 Å². The van der Waals surface area contributed by atoms with Crippen molar-refractivity contribution in [2.24, 2.45) is 11.8 Å². The van der Waals surface area contributed by atoms with Crippen molar-refractivity contribution in [1.29, 1.82) is 0 Å². The third kappa shape index (κ3) is 5.22. The van der Waals surface area contributed by atoms with E-state index in [0.29, 0.717) is 17.2 Å². The monoisotopic (exact) mass is 350 g/mol. The number of carbonyl (C=O) groups is 1. The summed E-state index contributed by atoms with van der Waals surface area (Å²) in [6.45, 7) is 4.58. The van der Waals surface area contributed by atoms with Gasteiger partial charge in [-0.05, 0) is 80.3 Å². The van der Waals surface area contributed by atoms with Gasteiger partial charge in [-0.3, -0.25) is 0 Å². The third-order valence-electron chi connectivity index (χ3n) is 5.00. The highest BCUT2D eigenvalue weighted by Crippen LogP contribution is 2.31. The second-order valence-electron chi connectivity index (χ2n) is 6.95. The van der Waals surface area contributed by atoms with Crippen molar-refractivity contribution in [3.8, 4) is 11.5 Å². The quantitative estimate of drug-likeness (QED) is 0.367. The summed E-state index contributed by atoms with van der Waals surface area (Å²) in [5.74, 6) is 2.42. The van der Waals surface area contributed by atoms with Crippen molar-refractivity contribution >= 4 is 5.97 Å². The van der Waals surface area contributed by atoms with Gasteiger partial charge in [0, 0.05) is 0 Å². The zero-order valence-corrected chi connectivity index (χ0v) is 15.1. The number of rotatable bonds is 7. The minimum Gasteiger partial charge on any atom is -0.493 e. The van der Waals surface area contributed by atoms with E-state index in [1.165, 1.54) is 25.7 Å². The van der Waals surface area contributed by atoms with Gasteiger partial charge in [-0.15, -0.1) is 6.58 Å². The third-order valence-corrected chi connectivity index (χ3v) is 5.00. The molecule has 0 aromatic heterocycles. The van der Waals surface area contributed by atoms with E-state index in [0.717, 1.165) is 24.7 Å². The lowest BCUT2D eigenvalue weighted by Gasteiger charge is -2.27. The Morgan fingerprint density at radius 1 is 0.923 bits per heavy atom. The van der Waals surface area contributed by atoms with Crippen LogP contribution in [0.3, 0.4) is 0 Å². The van der Waals surface area contributed by atoms with Crippen molar-refractivity contribution in [3.05, 3.63) is 72.8 Å². The Morgan fingerprint density at radius 2 is 1.58 bits per heavy atom. The van der Waals surface area contributed by atoms with Gasteiger partial charge in [-0.1, -0.05) is 24.3 Å². The van der Waals surface area contributed by atoms with E-state index < -0.39 is 0 Å². The molecule has 3 rings (SSSR count). The largest absolute Gasteiger partial charge is 0.493 e. The summed E-state index contributed by atoms with van der Waals surface area (Å²) in [7, 11) is 0. The summed E-state index contributed by atoms with van der Waals surface area (Å²) < 4.78 is 11.3. The van der Waals surface area contributed by atoms with E-state index in [1.54, 1.807) is 24.3 Å². The Morgan fingerprint density at radius 3 is 2.23 bits per heavy atom. The molecule has 1 aliphatic rings. The molecule has 2 aromatic rings. The Labute approximate surface area is 155 Å². The molecule has 1 fully saturated rings. The molecule has 26 heavy (non-hydrogen) atoms. The first-order chi connectivity index (χ1) is 12.7. The highest BCUT2D eigenvalue weighted by Gasteiger charge is 2.20. The van der Waals surface area contributed by atoms with Crippen molar-refractivity contribution in [3.63, 3.8) is 0 Å². The van der Waals surface area contributed by atoms with E-state index in [-0.39, 0.29) is 5.97 Å². The number of hydrogen-bond acceptors (Lipinski definition) is 3. The van der Waals surface area contributed by atoms with E-state index in [4.69, 9.17) is 9.47 Å². The first-order valence-corrected chi connectivity index (χ1v) is 9.35. The maximum Gasteiger partial charge on any atom is 0.343 e. The molecule has 0 heterocycles. The minimum atomic E-state index is -0.358. The predicted molar refractivity (Wildman–Crippen MR) is 104 cm³/mol. The smallest absolute Gasteiger partial charge is 0.343 e. The minimum absolute atomic E-state index is 0.358. The molecule has 0 atom stereocenters. The van der Waals surface area contributed by atoms with Gasteiger partial charge in [-0.2, -0.15) is 0 Å². The lowest BCUT2D eigenvalue weighted by Crippen LogP contribution is -2.19. The molecule has 3 nitrogen and oxygen atoms in total. The van der Waals surface area contributed by atoms with Gasteiger partial charge in [0.05, 0.1) is 12.2 Å². The lowest BCUT2D eigenvalue weighted by molar-refractivity contribution is 0.0734. The molecule has 1 saturated carbocycles. The van der Waals surface area contributed by atoms with Crippen molar-refractivity contribution in [1.82, 2.24) is 0 Å². The van der Waals surface area contributed by atoms with Crippen LogP contribution in [-0.4, -0.2) is 12.6 Å². The molecule has 1 aliphatic carbocycles. The highest BCUT2D eigenvalue weighted by atomic mass is 16.5. The summed E-state index contributed by atoms with van der Waals surface area (Å²) in [6, 6.07) is 16.3. The number of carbonyl (C=O) groups excluding carboxylic acids is 1. The van der Waals surface area contributed by atoms with Crippen LogP contribution in [0.25, 0.3) is 0 Å². The predicted octanol–water partition coefficient (Wildman–Crippen LogP) is 5.67. The average Bonchev–Trinajstić information content (AvgIpc) is 2.69. The van der Waals surface area contributed by atoms with Crippen molar-refractivity contribution in [2.75, 3.05) is 6.61 Å². The van der Waals surface area contributed by atoms with Crippen LogP contribution in [-0.2, 0) is 0 Å². The van der Waals surface area contributed by atoms with Gasteiger partial charge in [0.15, 0.2) is 0 Å². The Hall–Kier alpha value is -2.55. The van der Waals surface area contributed by atoms with Gasteiger partial charge in [0.1, 0.15) is 11.5 Å². The van der Waals surface area contributed by atoms with Gasteiger partial charge in [0.25, 0.3) is 0 Å². The highest BCUT2D eigenvalue weighted by molar-refractivity contribution is 5.91. The molecule has 3 heteroatoms. The Bertz CT molecular complexity index is 698. The second kappa shape index (κ2) is 9.23. The molecular formula is C23H26O3. The van der Waals surface area contributed by atoms with Crippen LogP contribution in [0.1, 0.15) is 42.5 Å². The van der Waals surface area contributed by atoms with Crippen molar-refractivity contribution < 1.29 is 14.3 Å². The van der Waals surface area contributed by atoms with Crippen LogP contribution in [0.15, 0.2) is 67.3 Å². The molecule has 0 amide bonds. The lowest BCUT2D eigenvalue weighted by atomic mass is 9.81. The maximum absolute atomic E-state index is 12.1. The van der Waals surface area contributed by atoms with Crippen molar-refractivity contribution in [2.45, 2.75) is 32.1 Å². The van der Waals surface area contributed by atoms with E-state index in [2.05, 4.69) is 6.58 Å². The average molecular weight is 350 g/mol. The number of esters is 1. The van der Waals surface area contributed by atoms with Crippen LogP contribution in [0.5, 0.6) is 11.5 Å². The number of ether oxygens (including phenoxy) is 2. The van der Waals surface area contributed by atoms with Crippen LogP contribution in [0.2, 0.25) is 0 Å². The molecular weight excluding hydrogens is 324 g/mol. The first-order valence-electron chi connectivity index (χ1n) is 9.35. The summed E-state index contributed by atoms with van der Waals surface area (Å²) in [6.07, 6.45) is 8.15. The standard InChI is InChI=1S/C23H26O3/c1-2-6-18-9-11-19(12-10-18)17-25-21-15-13-20(14-16-21)23(24)26-22-7-4-3-5-8-22/h2-5,7-8,13-16,18-19H,1,6,9-12,17H2/t18-,19-. The van der Waals surface area contributed by atoms with Gasteiger partial charge >= 0.3 is 5.97 Å². The summed E-state index contributed by atoms with van der Waals surface area (Å²) in [5, 5.41) is 0. The molecule has 0 saturated heterocycles. The summed E-state index contributed by atoms with van der Waals surface area (Å²) in [5.41, 5.74) is 0.520. The second-order valence-corrected chi connectivity index (χ2v) is 6.95. The molecule has 2 aromatic carbocycles. The Kier molecular flexibility index (Phi) is 6.48. The van der Waals surface area contributed by atoms with E-state index in [9.17, 15) is 4.79 Å². The maximum atomic E-state index is 12.1. The topological polar surface area (TPSA) is 35.5 Å². The number of para-hydroxylation sites is 1. The summed E-state index contributed by atoms with van der Waals surface area (Å²) >= 11 is 0. The molecule has 0 radical (unpaired) electrons. The van der Waals surface area contributed by atoms with Crippen LogP contribution >= 0.6 is 0 Å². The molecule has 0 spiro atoms. The van der Waals surface area contributed by atoms with Gasteiger partial charge < -0.3 is 9.47 Å². The first kappa shape index (κ1) is 18.2. The van der Waals surface area contributed by atoms with Crippen LogP contribution in [0.4, 0.5) is 0 Å². The van der Waals surface area contributed by atoms with Gasteiger partial charge in [0.2, 0.25) is 0 Å². The van der Waals surface area contributed by atoms with Crippen LogP contribution < -0.4 is 9.47 Å². The van der Waals surface area contributed by atoms with Crippen LogP contribution in [0, 0.1) is 11.8 Å². The fourth-order valence-corrected chi connectivity index (χ4v) is 3.43. The molecule has 0 bridgehead atoms. The zero-order valence-electron chi connectivity index (χ0n) is 15.1. The Balaban J connectivity index is 1.46. The number of hydrogen-bond donors (Lipinski definition) is 0. The number of allylic oxidation sites excluding steroid dienone is 1. The SMILES string of the molecule is C=CC[C@H]1CC[C@H](COc2ccc(C(=O)Oc3ccccc3)cc2)CC1. The fraction of sp³-hybridized carbons (Fsp3) is 0.348.